The van der Waals surface area contributed by atoms with E-state index in [4.69, 9.17) is 17.0 Å². The van der Waals surface area contributed by atoms with Crippen molar-refractivity contribution in [2.45, 2.75) is 36.8 Å². The number of para-hydroxylation sites is 1. The lowest BCUT2D eigenvalue weighted by Crippen LogP contribution is -2.22. The van der Waals surface area contributed by atoms with Crippen LogP contribution in [-0.2, 0) is 4.79 Å². The van der Waals surface area contributed by atoms with E-state index in [9.17, 15) is 4.79 Å². The van der Waals surface area contributed by atoms with Gasteiger partial charge in [-0.25, -0.2) is 0 Å². The number of thioether (sulfide) groups is 1. The van der Waals surface area contributed by atoms with Crippen molar-refractivity contribution in [3.63, 3.8) is 0 Å². The van der Waals surface area contributed by atoms with Crippen molar-refractivity contribution in [2.75, 3.05) is 22.6 Å². The van der Waals surface area contributed by atoms with Gasteiger partial charge in [-0.05, 0) is 86.2 Å². The van der Waals surface area contributed by atoms with Crippen LogP contribution in [0.5, 0.6) is 5.75 Å². The molecule has 3 aromatic rings. The van der Waals surface area contributed by atoms with E-state index in [-0.39, 0.29) is 11.2 Å². The molecule has 3 aromatic carbocycles. The topological polar surface area (TPSA) is 62.4 Å². The maximum Gasteiger partial charge on any atom is 0.237 e. The lowest BCUT2D eigenvalue weighted by molar-refractivity contribution is -0.115. The summed E-state index contributed by atoms with van der Waals surface area (Å²) in [6.07, 6.45) is 2.13. The Labute approximate surface area is 205 Å². The molecule has 0 spiro atoms. The van der Waals surface area contributed by atoms with Crippen molar-refractivity contribution in [3.05, 3.63) is 78.9 Å². The van der Waals surface area contributed by atoms with E-state index in [1.165, 1.54) is 11.8 Å². The molecule has 3 N–H and O–H groups in total. The van der Waals surface area contributed by atoms with E-state index >= 15 is 0 Å². The second kappa shape index (κ2) is 12.9. The smallest absolute Gasteiger partial charge is 0.237 e. The number of unbranched alkanes of at least 4 members (excludes halogenated alkanes) is 1. The molecule has 7 heteroatoms. The fourth-order valence-corrected chi connectivity index (χ4v) is 4.01. The average Bonchev–Trinajstić information content (AvgIpc) is 2.82. The lowest BCUT2D eigenvalue weighted by Gasteiger charge is -2.14. The number of amides is 1. The maximum atomic E-state index is 12.6. The molecule has 0 aromatic heterocycles. The molecule has 0 fully saturated rings. The Kier molecular flexibility index (Phi) is 9.59. The van der Waals surface area contributed by atoms with Gasteiger partial charge in [0.1, 0.15) is 5.75 Å². The summed E-state index contributed by atoms with van der Waals surface area (Å²) >= 11 is 6.87. The van der Waals surface area contributed by atoms with Gasteiger partial charge in [0.25, 0.3) is 0 Å². The van der Waals surface area contributed by atoms with E-state index in [1.54, 1.807) is 0 Å². The van der Waals surface area contributed by atoms with Crippen LogP contribution in [0.1, 0.15) is 26.7 Å². The number of carbonyl (C=O) groups excluding carboxylic acids is 1. The first-order valence-corrected chi connectivity index (χ1v) is 12.3. The second-order valence-electron chi connectivity index (χ2n) is 7.45. The van der Waals surface area contributed by atoms with Crippen LogP contribution < -0.4 is 20.7 Å². The highest BCUT2D eigenvalue weighted by Gasteiger charge is 2.15. The molecule has 0 radical (unpaired) electrons. The van der Waals surface area contributed by atoms with E-state index in [2.05, 4.69) is 22.9 Å². The third-order valence-corrected chi connectivity index (χ3v) is 6.03. The van der Waals surface area contributed by atoms with Gasteiger partial charge >= 0.3 is 0 Å². The molecule has 33 heavy (non-hydrogen) atoms. The molecule has 0 aliphatic heterocycles. The fraction of sp³-hybridized carbons (Fsp3) is 0.231. The third kappa shape index (κ3) is 8.44. The molecule has 1 atom stereocenters. The van der Waals surface area contributed by atoms with E-state index in [0.29, 0.717) is 11.7 Å². The minimum absolute atomic E-state index is 0.0462. The van der Waals surface area contributed by atoms with Crippen molar-refractivity contribution in [1.29, 1.82) is 0 Å². The van der Waals surface area contributed by atoms with Gasteiger partial charge in [-0.2, -0.15) is 0 Å². The Morgan fingerprint density at radius 1 is 0.879 bits per heavy atom. The number of carbonyl (C=O) groups is 1. The summed E-state index contributed by atoms with van der Waals surface area (Å²) in [4.78, 5) is 13.6. The van der Waals surface area contributed by atoms with E-state index in [1.807, 2.05) is 85.8 Å². The number of nitrogens with one attached hydrogen (secondary N) is 3. The Hall–Kier alpha value is -3.03. The van der Waals surface area contributed by atoms with Crippen LogP contribution in [0.15, 0.2) is 83.8 Å². The first-order chi connectivity index (χ1) is 16.0. The van der Waals surface area contributed by atoms with Gasteiger partial charge in [-0.15, -0.1) is 11.8 Å². The standard InChI is InChI=1S/C26H29N3O2S2/c1-3-4-18-31-23-14-10-21(11-15-23)27-25(30)19(2)33-24-16-12-22(13-17-24)29-26(32)28-20-8-6-5-7-9-20/h5-17,19H,3-4,18H2,1-2H3,(H,27,30)(H2,28,29,32). The van der Waals surface area contributed by atoms with Gasteiger partial charge < -0.3 is 20.7 Å². The molecule has 0 saturated carbocycles. The van der Waals surface area contributed by atoms with Crippen LogP contribution in [0.25, 0.3) is 0 Å². The summed E-state index contributed by atoms with van der Waals surface area (Å²) < 4.78 is 5.66. The lowest BCUT2D eigenvalue weighted by atomic mass is 10.3. The summed E-state index contributed by atoms with van der Waals surface area (Å²) in [5, 5.41) is 9.56. The van der Waals surface area contributed by atoms with E-state index < -0.39 is 0 Å². The molecule has 0 bridgehead atoms. The molecule has 0 aliphatic carbocycles. The Morgan fingerprint density at radius 2 is 1.45 bits per heavy atom. The second-order valence-corrected chi connectivity index (χ2v) is 9.27. The fourth-order valence-electron chi connectivity index (χ4n) is 2.90. The number of benzene rings is 3. The molecular weight excluding hydrogens is 450 g/mol. The number of hydrogen-bond donors (Lipinski definition) is 3. The third-order valence-electron chi connectivity index (χ3n) is 4.71. The van der Waals surface area contributed by atoms with Crippen molar-refractivity contribution < 1.29 is 9.53 Å². The molecular formula is C26H29N3O2S2. The zero-order valence-electron chi connectivity index (χ0n) is 18.8. The SMILES string of the molecule is CCCCOc1ccc(NC(=O)C(C)Sc2ccc(NC(=S)Nc3ccccc3)cc2)cc1. The Balaban J connectivity index is 1.46. The van der Waals surface area contributed by atoms with Crippen LogP contribution in [0, 0.1) is 0 Å². The van der Waals surface area contributed by atoms with E-state index in [0.717, 1.165) is 40.5 Å². The van der Waals surface area contributed by atoms with Crippen molar-refractivity contribution >= 4 is 52.1 Å². The largest absolute Gasteiger partial charge is 0.494 e. The van der Waals surface area contributed by atoms with Crippen molar-refractivity contribution in [1.82, 2.24) is 0 Å². The number of anilines is 3. The van der Waals surface area contributed by atoms with Gasteiger partial charge in [-0.1, -0.05) is 31.5 Å². The van der Waals surface area contributed by atoms with Crippen LogP contribution in [-0.4, -0.2) is 22.9 Å². The van der Waals surface area contributed by atoms with Gasteiger partial charge in [0.05, 0.1) is 11.9 Å². The maximum absolute atomic E-state index is 12.6. The quantitative estimate of drug-likeness (QED) is 0.169. The highest BCUT2D eigenvalue weighted by molar-refractivity contribution is 8.00. The molecule has 172 valence electrons. The molecule has 0 heterocycles. The average molecular weight is 480 g/mol. The number of ether oxygens (including phenoxy) is 1. The molecule has 0 aliphatic rings. The summed E-state index contributed by atoms with van der Waals surface area (Å²) in [5.41, 5.74) is 2.57. The molecule has 0 saturated heterocycles. The highest BCUT2D eigenvalue weighted by atomic mass is 32.2. The summed E-state index contributed by atoms with van der Waals surface area (Å²) in [6.45, 7) is 4.74. The summed E-state index contributed by atoms with van der Waals surface area (Å²) in [5.74, 6) is 0.770. The molecule has 1 amide bonds. The van der Waals surface area contributed by atoms with Crippen molar-refractivity contribution in [2.24, 2.45) is 0 Å². The van der Waals surface area contributed by atoms with Crippen LogP contribution >= 0.6 is 24.0 Å². The van der Waals surface area contributed by atoms with Crippen molar-refractivity contribution in [3.8, 4) is 5.75 Å². The highest BCUT2D eigenvalue weighted by Crippen LogP contribution is 2.26. The summed E-state index contributed by atoms with van der Waals surface area (Å²) in [7, 11) is 0. The Bertz CT molecular complexity index is 1030. The van der Waals surface area contributed by atoms with Gasteiger partial charge in [0.15, 0.2) is 5.11 Å². The normalized spacial score (nSPS) is 11.3. The minimum atomic E-state index is -0.245. The number of thiocarbonyl (C=S) groups is 1. The number of rotatable bonds is 10. The van der Waals surface area contributed by atoms with Crippen LogP contribution in [0.3, 0.4) is 0 Å². The first kappa shape index (κ1) is 24.6. The van der Waals surface area contributed by atoms with Gasteiger partial charge in [0, 0.05) is 22.0 Å². The Morgan fingerprint density at radius 3 is 2.09 bits per heavy atom. The minimum Gasteiger partial charge on any atom is -0.494 e. The number of hydrogen-bond acceptors (Lipinski definition) is 4. The van der Waals surface area contributed by atoms with Gasteiger partial charge in [-0.3, -0.25) is 4.79 Å². The zero-order valence-corrected chi connectivity index (χ0v) is 20.5. The summed E-state index contributed by atoms with van der Waals surface area (Å²) in [6, 6.07) is 25.1. The zero-order chi connectivity index (χ0) is 23.5. The molecule has 3 rings (SSSR count). The predicted octanol–water partition coefficient (Wildman–Crippen LogP) is 6.79. The van der Waals surface area contributed by atoms with Crippen LogP contribution in [0.4, 0.5) is 17.1 Å². The van der Waals surface area contributed by atoms with Gasteiger partial charge in [0.2, 0.25) is 5.91 Å². The molecule has 5 nitrogen and oxygen atoms in total. The monoisotopic (exact) mass is 479 g/mol. The first-order valence-electron chi connectivity index (χ1n) is 11.0. The molecule has 1 unspecified atom stereocenters. The van der Waals surface area contributed by atoms with Crippen LogP contribution in [0.2, 0.25) is 0 Å². The predicted molar refractivity (Wildman–Crippen MR) is 144 cm³/mol.